The predicted octanol–water partition coefficient (Wildman–Crippen LogP) is 0.502. The van der Waals surface area contributed by atoms with E-state index in [2.05, 4.69) is 16.0 Å². The molecular weight excluding hydrogens is 270 g/mol. The first-order valence-corrected chi connectivity index (χ1v) is 7.29. The van der Waals surface area contributed by atoms with Gasteiger partial charge in [0.15, 0.2) is 6.10 Å². The highest BCUT2D eigenvalue weighted by Gasteiger charge is 2.29. The van der Waals surface area contributed by atoms with Crippen molar-refractivity contribution in [2.24, 2.45) is 5.92 Å². The standard InChI is InChI=1S/C15H19N3O3/c19-14(10-5-6-10)16-7-8-17-15(20)13-9-18-11-3-1-2-4-12(11)21-13/h1-4,10,13,18H,5-9H2,(H,16,19)(H,17,20). The summed E-state index contributed by atoms with van der Waals surface area (Å²) in [5, 5.41) is 8.76. The van der Waals surface area contributed by atoms with E-state index in [4.69, 9.17) is 4.74 Å². The zero-order chi connectivity index (χ0) is 14.7. The summed E-state index contributed by atoms with van der Waals surface area (Å²) in [6.07, 6.45) is 1.43. The number of nitrogens with one attached hydrogen (secondary N) is 3. The van der Waals surface area contributed by atoms with Gasteiger partial charge < -0.3 is 20.7 Å². The molecular formula is C15H19N3O3. The molecule has 1 atom stereocenters. The molecule has 3 N–H and O–H groups in total. The lowest BCUT2D eigenvalue weighted by atomic mass is 10.2. The average Bonchev–Trinajstić information content (AvgIpc) is 3.35. The van der Waals surface area contributed by atoms with Crippen LogP contribution in [0.25, 0.3) is 0 Å². The number of amides is 2. The third kappa shape index (κ3) is 3.45. The molecule has 2 amide bonds. The Kier molecular flexibility index (Phi) is 3.94. The van der Waals surface area contributed by atoms with Crippen LogP contribution in [0.5, 0.6) is 5.75 Å². The van der Waals surface area contributed by atoms with Crippen molar-refractivity contribution in [3.05, 3.63) is 24.3 Å². The molecule has 1 fully saturated rings. The summed E-state index contributed by atoms with van der Waals surface area (Å²) in [7, 11) is 0. The maximum absolute atomic E-state index is 12.0. The van der Waals surface area contributed by atoms with Gasteiger partial charge in [-0.15, -0.1) is 0 Å². The number of anilines is 1. The van der Waals surface area contributed by atoms with Crippen molar-refractivity contribution in [1.82, 2.24) is 10.6 Å². The highest BCUT2D eigenvalue weighted by molar-refractivity contribution is 5.83. The second-order valence-corrected chi connectivity index (χ2v) is 5.34. The molecule has 21 heavy (non-hydrogen) atoms. The minimum Gasteiger partial charge on any atom is -0.477 e. The lowest BCUT2D eigenvalue weighted by Crippen LogP contribution is -2.46. The van der Waals surface area contributed by atoms with E-state index in [9.17, 15) is 9.59 Å². The second-order valence-electron chi connectivity index (χ2n) is 5.34. The Hall–Kier alpha value is -2.24. The minimum absolute atomic E-state index is 0.0914. The predicted molar refractivity (Wildman–Crippen MR) is 78.1 cm³/mol. The molecule has 6 heteroatoms. The number of benzene rings is 1. The van der Waals surface area contributed by atoms with E-state index in [1.54, 1.807) is 0 Å². The summed E-state index contributed by atoms with van der Waals surface area (Å²) in [5.74, 6) is 0.806. The number of carbonyl (C=O) groups excluding carboxylic acids is 2. The fraction of sp³-hybridized carbons (Fsp3) is 0.467. The van der Waals surface area contributed by atoms with E-state index >= 15 is 0 Å². The Labute approximate surface area is 123 Å². The van der Waals surface area contributed by atoms with E-state index in [0.29, 0.717) is 25.4 Å². The van der Waals surface area contributed by atoms with Crippen molar-refractivity contribution in [3.63, 3.8) is 0 Å². The van der Waals surface area contributed by atoms with Gasteiger partial charge in [0.2, 0.25) is 5.91 Å². The van der Waals surface area contributed by atoms with E-state index < -0.39 is 6.10 Å². The van der Waals surface area contributed by atoms with E-state index in [1.165, 1.54) is 0 Å². The fourth-order valence-corrected chi connectivity index (χ4v) is 2.23. The van der Waals surface area contributed by atoms with Crippen LogP contribution in [0.4, 0.5) is 5.69 Å². The Morgan fingerprint density at radius 1 is 1.14 bits per heavy atom. The Balaban J connectivity index is 1.40. The number of fused-ring (bicyclic) bond motifs is 1. The van der Waals surface area contributed by atoms with Crippen molar-refractivity contribution in [2.75, 3.05) is 25.0 Å². The van der Waals surface area contributed by atoms with Crippen molar-refractivity contribution in [2.45, 2.75) is 18.9 Å². The molecule has 0 aromatic heterocycles. The zero-order valence-corrected chi connectivity index (χ0v) is 11.7. The highest BCUT2D eigenvalue weighted by Crippen LogP contribution is 2.29. The maximum Gasteiger partial charge on any atom is 0.263 e. The number of hydrogen-bond donors (Lipinski definition) is 3. The van der Waals surface area contributed by atoms with Crippen LogP contribution >= 0.6 is 0 Å². The molecule has 112 valence electrons. The lowest BCUT2D eigenvalue weighted by Gasteiger charge is -2.26. The van der Waals surface area contributed by atoms with Gasteiger partial charge in [0.25, 0.3) is 5.91 Å². The van der Waals surface area contributed by atoms with Crippen LogP contribution < -0.4 is 20.7 Å². The van der Waals surface area contributed by atoms with Crippen LogP contribution in [0.1, 0.15) is 12.8 Å². The summed E-state index contributed by atoms with van der Waals surface area (Å²) < 4.78 is 5.66. The first-order valence-electron chi connectivity index (χ1n) is 7.29. The topological polar surface area (TPSA) is 79.5 Å². The van der Waals surface area contributed by atoms with Crippen LogP contribution in [-0.2, 0) is 9.59 Å². The molecule has 1 saturated carbocycles. The summed E-state index contributed by atoms with van der Waals surface area (Å²) in [6, 6.07) is 7.53. The lowest BCUT2D eigenvalue weighted by molar-refractivity contribution is -0.128. The summed E-state index contributed by atoms with van der Waals surface area (Å²) in [6.45, 7) is 1.31. The largest absolute Gasteiger partial charge is 0.477 e. The number of para-hydroxylation sites is 2. The van der Waals surface area contributed by atoms with E-state index in [1.807, 2.05) is 24.3 Å². The molecule has 1 aliphatic heterocycles. The van der Waals surface area contributed by atoms with Gasteiger partial charge >= 0.3 is 0 Å². The van der Waals surface area contributed by atoms with Gasteiger partial charge in [0.1, 0.15) is 5.75 Å². The number of ether oxygens (including phenoxy) is 1. The molecule has 1 aromatic carbocycles. The third-order valence-corrected chi connectivity index (χ3v) is 3.60. The summed E-state index contributed by atoms with van der Waals surface area (Å²) >= 11 is 0. The zero-order valence-electron chi connectivity index (χ0n) is 11.7. The monoisotopic (exact) mass is 289 g/mol. The molecule has 1 aliphatic carbocycles. The van der Waals surface area contributed by atoms with Crippen LogP contribution in [-0.4, -0.2) is 37.6 Å². The highest BCUT2D eigenvalue weighted by atomic mass is 16.5. The first-order chi connectivity index (χ1) is 10.2. The number of hydrogen-bond acceptors (Lipinski definition) is 4. The van der Waals surface area contributed by atoms with Crippen LogP contribution in [0, 0.1) is 5.92 Å². The third-order valence-electron chi connectivity index (χ3n) is 3.60. The van der Waals surface area contributed by atoms with Gasteiger partial charge in [-0.1, -0.05) is 12.1 Å². The van der Waals surface area contributed by atoms with E-state index in [-0.39, 0.29) is 17.7 Å². The smallest absolute Gasteiger partial charge is 0.263 e. The summed E-state index contributed by atoms with van der Waals surface area (Å²) in [5.41, 5.74) is 0.901. The fourth-order valence-electron chi connectivity index (χ4n) is 2.23. The molecule has 1 heterocycles. The molecule has 0 spiro atoms. The molecule has 1 aromatic rings. The van der Waals surface area contributed by atoms with Crippen molar-refractivity contribution >= 4 is 17.5 Å². The molecule has 0 radical (unpaired) electrons. The van der Waals surface area contributed by atoms with Crippen LogP contribution in [0.3, 0.4) is 0 Å². The Morgan fingerprint density at radius 2 is 1.86 bits per heavy atom. The van der Waals surface area contributed by atoms with E-state index in [0.717, 1.165) is 18.5 Å². The van der Waals surface area contributed by atoms with Gasteiger partial charge in [-0.05, 0) is 25.0 Å². The molecule has 0 bridgehead atoms. The SMILES string of the molecule is O=C(NCCNC(=O)C1CNc2ccccc2O1)C1CC1. The van der Waals surface area contributed by atoms with Gasteiger partial charge in [0.05, 0.1) is 12.2 Å². The number of rotatable bonds is 5. The van der Waals surface area contributed by atoms with Gasteiger partial charge in [-0.3, -0.25) is 9.59 Å². The van der Waals surface area contributed by atoms with Crippen molar-refractivity contribution in [3.8, 4) is 5.75 Å². The first kappa shape index (κ1) is 13.7. The van der Waals surface area contributed by atoms with Crippen molar-refractivity contribution in [1.29, 1.82) is 0 Å². The maximum atomic E-state index is 12.0. The number of carbonyl (C=O) groups is 2. The molecule has 3 rings (SSSR count). The molecule has 1 unspecified atom stereocenters. The Morgan fingerprint density at radius 3 is 2.62 bits per heavy atom. The van der Waals surface area contributed by atoms with Crippen LogP contribution in [0.2, 0.25) is 0 Å². The molecule has 6 nitrogen and oxygen atoms in total. The summed E-state index contributed by atoms with van der Waals surface area (Å²) in [4.78, 5) is 23.4. The quantitative estimate of drug-likeness (QED) is 0.690. The van der Waals surface area contributed by atoms with Crippen LogP contribution in [0.15, 0.2) is 24.3 Å². The van der Waals surface area contributed by atoms with Gasteiger partial charge in [0, 0.05) is 19.0 Å². The average molecular weight is 289 g/mol. The minimum atomic E-state index is -0.543. The van der Waals surface area contributed by atoms with Gasteiger partial charge in [-0.25, -0.2) is 0 Å². The second kappa shape index (κ2) is 6.03. The Bertz CT molecular complexity index is 543. The van der Waals surface area contributed by atoms with Gasteiger partial charge in [-0.2, -0.15) is 0 Å². The molecule has 2 aliphatic rings. The molecule has 0 saturated heterocycles. The van der Waals surface area contributed by atoms with Crippen molar-refractivity contribution < 1.29 is 14.3 Å². The normalized spacial score (nSPS) is 19.7.